The van der Waals surface area contributed by atoms with E-state index in [0.717, 1.165) is 42.1 Å². The van der Waals surface area contributed by atoms with Crippen molar-refractivity contribution < 1.29 is 19.1 Å². The molecule has 1 unspecified atom stereocenters. The van der Waals surface area contributed by atoms with Gasteiger partial charge in [0.2, 0.25) is 5.91 Å². The molecule has 1 amide bonds. The van der Waals surface area contributed by atoms with Crippen LogP contribution < -0.4 is 10.1 Å². The van der Waals surface area contributed by atoms with Crippen molar-refractivity contribution in [1.29, 1.82) is 0 Å². The van der Waals surface area contributed by atoms with Crippen LogP contribution in [0.4, 0.5) is 0 Å². The van der Waals surface area contributed by atoms with Gasteiger partial charge in [0.15, 0.2) is 5.17 Å². The first-order valence-corrected chi connectivity index (χ1v) is 12.4. The Kier molecular flexibility index (Phi) is 7.42. The van der Waals surface area contributed by atoms with Gasteiger partial charge in [0, 0.05) is 11.7 Å². The lowest BCUT2D eigenvalue weighted by Crippen LogP contribution is -2.40. The Labute approximate surface area is 199 Å². The molecule has 2 aliphatic heterocycles. The summed E-state index contributed by atoms with van der Waals surface area (Å²) in [6.07, 6.45) is 6.48. The molecule has 4 rings (SSSR count). The number of hydrogen-bond donors (Lipinski definition) is 1. The van der Waals surface area contributed by atoms with Gasteiger partial charge in [0.1, 0.15) is 5.75 Å². The molecule has 1 aromatic rings. The molecule has 0 bridgehead atoms. The van der Waals surface area contributed by atoms with Crippen LogP contribution in [0.25, 0.3) is 0 Å². The molecule has 0 aromatic heterocycles. The number of ether oxygens (including phenoxy) is 2. The molecule has 1 fully saturated rings. The Bertz CT molecular complexity index is 1010. The number of nitrogens with one attached hydrogen (secondary N) is 1. The topological polar surface area (TPSA) is 80.2 Å². The lowest BCUT2D eigenvalue weighted by atomic mass is 9.92. The molecule has 1 atom stereocenters. The normalized spacial score (nSPS) is 20.7. The maximum atomic E-state index is 12.9. The zero-order valence-corrected chi connectivity index (χ0v) is 20.2. The lowest BCUT2D eigenvalue weighted by molar-refractivity contribution is -0.136. The van der Waals surface area contributed by atoms with Gasteiger partial charge in [-0.05, 0) is 42.4 Å². The monoisotopic (exact) mass is 469 g/mol. The molecule has 0 spiro atoms. The van der Waals surface area contributed by atoms with E-state index in [1.54, 1.807) is 7.11 Å². The minimum atomic E-state index is -0.446. The molecule has 1 saturated carbocycles. The summed E-state index contributed by atoms with van der Waals surface area (Å²) in [5.74, 6) is 0.293. The molecule has 2 heterocycles. The Morgan fingerprint density at radius 2 is 2.00 bits per heavy atom. The highest BCUT2D eigenvalue weighted by Crippen LogP contribution is 2.45. The van der Waals surface area contributed by atoms with Crippen molar-refractivity contribution in [3.8, 4) is 5.75 Å². The first kappa shape index (κ1) is 23.4. The number of fused-ring (bicyclic) bond motifs is 1. The summed E-state index contributed by atoms with van der Waals surface area (Å²) >= 11 is 1.49. The van der Waals surface area contributed by atoms with Crippen LogP contribution in [0.5, 0.6) is 5.75 Å². The van der Waals surface area contributed by atoms with Crippen molar-refractivity contribution in [3.05, 3.63) is 52.2 Å². The Morgan fingerprint density at radius 3 is 2.70 bits per heavy atom. The van der Waals surface area contributed by atoms with Crippen molar-refractivity contribution in [2.75, 3.05) is 14.2 Å². The second-order valence-electron chi connectivity index (χ2n) is 8.46. The highest BCUT2D eigenvalue weighted by Gasteiger charge is 2.41. The van der Waals surface area contributed by atoms with Crippen molar-refractivity contribution in [2.24, 2.45) is 4.99 Å². The predicted octanol–water partition coefficient (Wildman–Crippen LogP) is 4.67. The fourth-order valence-electron chi connectivity index (χ4n) is 4.73. The number of rotatable bonds is 7. The van der Waals surface area contributed by atoms with Crippen LogP contribution in [0.2, 0.25) is 0 Å². The average molecular weight is 470 g/mol. The quantitative estimate of drug-likeness (QED) is 0.585. The Morgan fingerprint density at radius 1 is 1.21 bits per heavy atom. The number of nitrogens with zero attached hydrogens (tertiary/aromatic N) is 2. The van der Waals surface area contributed by atoms with Crippen LogP contribution in [0.15, 0.2) is 51.6 Å². The van der Waals surface area contributed by atoms with Gasteiger partial charge in [-0.25, -0.2) is 9.79 Å². The highest BCUT2D eigenvalue weighted by molar-refractivity contribution is 8.16. The summed E-state index contributed by atoms with van der Waals surface area (Å²) in [5, 5.41) is 5.94. The van der Waals surface area contributed by atoms with Gasteiger partial charge < -0.3 is 19.7 Å². The number of aliphatic imine (C=N–C) groups is 1. The third kappa shape index (κ3) is 4.95. The van der Waals surface area contributed by atoms with Crippen molar-refractivity contribution in [3.63, 3.8) is 0 Å². The maximum absolute atomic E-state index is 12.9. The molecule has 33 heavy (non-hydrogen) atoms. The minimum Gasteiger partial charge on any atom is -0.497 e. The van der Waals surface area contributed by atoms with E-state index in [2.05, 4.69) is 5.32 Å². The van der Waals surface area contributed by atoms with E-state index >= 15 is 0 Å². The fraction of sp³-hybridized carbons (Fsp3) is 0.480. The smallest absolute Gasteiger partial charge is 0.338 e. The summed E-state index contributed by atoms with van der Waals surface area (Å²) in [6, 6.07) is 7.47. The van der Waals surface area contributed by atoms with Gasteiger partial charge in [-0.2, -0.15) is 0 Å². The van der Waals surface area contributed by atoms with Crippen molar-refractivity contribution in [2.45, 2.75) is 64.0 Å². The zero-order valence-electron chi connectivity index (χ0n) is 19.4. The SMILES string of the molecule is CCC1=C(C(=O)OC)C(c2cccc(OC)c2)N2C(CC(=O)NC3CCCCC3)=CSC2=N1. The number of thioether (sulfide) groups is 1. The lowest BCUT2D eigenvalue weighted by Gasteiger charge is -2.36. The third-order valence-corrected chi connectivity index (χ3v) is 7.24. The van der Waals surface area contributed by atoms with Crippen LogP contribution in [0, 0.1) is 0 Å². The predicted molar refractivity (Wildman–Crippen MR) is 130 cm³/mol. The van der Waals surface area contributed by atoms with Gasteiger partial charge in [-0.3, -0.25) is 4.79 Å². The molecule has 8 heteroatoms. The van der Waals surface area contributed by atoms with E-state index in [1.165, 1.54) is 25.3 Å². The molecule has 0 radical (unpaired) electrons. The zero-order chi connectivity index (χ0) is 23.4. The molecule has 1 aliphatic carbocycles. The van der Waals surface area contributed by atoms with E-state index in [1.807, 2.05) is 41.5 Å². The second kappa shape index (κ2) is 10.5. The first-order valence-electron chi connectivity index (χ1n) is 11.5. The Hall–Kier alpha value is -2.74. The van der Waals surface area contributed by atoms with Gasteiger partial charge in [-0.1, -0.05) is 50.1 Å². The summed E-state index contributed by atoms with van der Waals surface area (Å²) in [6.45, 7) is 1.98. The maximum Gasteiger partial charge on any atom is 0.338 e. The number of carbonyl (C=O) groups excluding carboxylic acids is 2. The molecule has 7 nitrogen and oxygen atoms in total. The van der Waals surface area contributed by atoms with E-state index < -0.39 is 12.0 Å². The van der Waals surface area contributed by atoms with Gasteiger partial charge in [0.25, 0.3) is 0 Å². The molecule has 176 valence electrons. The largest absolute Gasteiger partial charge is 0.497 e. The molecule has 1 N–H and O–H groups in total. The minimum absolute atomic E-state index is 0.00396. The number of carbonyl (C=O) groups is 2. The van der Waals surface area contributed by atoms with Gasteiger partial charge >= 0.3 is 5.97 Å². The van der Waals surface area contributed by atoms with Crippen LogP contribution in [-0.2, 0) is 14.3 Å². The third-order valence-electron chi connectivity index (χ3n) is 6.35. The van der Waals surface area contributed by atoms with E-state index in [4.69, 9.17) is 14.5 Å². The standard InChI is InChI=1S/C25H31N3O4S/c1-4-20-22(24(30)32-3)23(16-9-8-12-19(13-16)31-2)28-18(15-33-25(28)27-20)14-21(29)26-17-10-6-5-7-11-17/h8-9,12-13,15,17,23H,4-7,10-11,14H2,1-3H3,(H,26,29). The van der Waals surface area contributed by atoms with Crippen molar-refractivity contribution in [1.82, 2.24) is 10.2 Å². The number of hydrogen-bond acceptors (Lipinski definition) is 7. The fourth-order valence-corrected chi connectivity index (χ4v) is 5.67. The second-order valence-corrected chi connectivity index (χ2v) is 9.29. The van der Waals surface area contributed by atoms with E-state index in [0.29, 0.717) is 23.4 Å². The van der Waals surface area contributed by atoms with Crippen LogP contribution in [-0.4, -0.2) is 42.2 Å². The van der Waals surface area contributed by atoms with E-state index in [9.17, 15) is 9.59 Å². The number of amidine groups is 1. The number of esters is 1. The number of amides is 1. The van der Waals surface area contributed by atoms with Crippen LogP contribution in [0.3, 0.4) is 0 Å². The molecule has 0 saturated heterocycles. The molecular formula is C25H31N3O4S. The van der Waals surface area contributed by atoms with Crippen LogP contribution >= 0.6 is 11.8 Å². The molecular weight excluding hydrogens is 438 g/mol. The summed E-state index contributed by atoms with van der Waals surface area (Å²) < 4.78 is 10.6. The summed E-state index contributed by atoms with van der Waals surface area (Å²) in [4.78, 5) is 32.6. The number of benzene rings is 1. The summed E-state index contributed by atoms with van der Waals surface area (Å²) in [7, 11) is 3.01. The average Bonchev–Trinajstić information content (AvgIpc) is 3.24. The summed E-state index contributed by atoms with van der Waals surface area (Å²) in [5.41, 5.74) is 2.92. The van der Waals surface area contributed by atoms with E-state index in [-0.39, 0.29) is 18.4 Å². The number of methoxy groups -OCH3 is 2. The molecule has 1 aromatic carbocycles. The molecule has 3 aliphatic rings. The highest BCUT2D eigenvalue weighted by atomic mass is 32.2. The van der Waals surface area contributed by atoms with Gasteiger partial charge in [0.05, 0.1) is 38.0 Å². The first-order chi connectivity index (χ1) is 16.0. The van der Waals surface area contributed by atoms with Gasteiger partial charge in [-0.15, -0.1) is 0 Å². The Balaban J connectivity index is 1.67. The van der Waals surface area contributed by atoms with Crippen molar-refractivity contribution >= 4 is 28.8 Å². The van der Waals surface area contributed by atoms with Crippen LogP contribution in [0.1, 0.15) is 63.5 Å². The number of allylic oxidation sites excluding steroid dienone is 1.